The summed E-state index contributed by atoms with van der Waals surface area (Å²) in [5.41, 5.74) is 1.46. The van der Waals surface area contributed by atoms with Crippen molar-refractivity contribution in [1.82, 2.24) is 14.5 Å². The lowest BCUT2D eigenvalue weighted by atomic mass is 10.0. The number of pyridine rings is 1. The smallest absolute Gasteiger partial charge is 0.255 e. The summed E-state index contributed by atoms with van der Waals surface area (Å²) in [6.45, 7) is 1.77. The first-order chi connectivity index (χ1) is 10.1. The summed E-state index contributed by atoms with van der Waals surface area (Å²) >= 11 is 0. The van der Waals surface area contributed by atoms with E-state index in [1.54, 1.807) is 44.4 Å². The van der Waals surface area contributed by atoms with Crippen LogP contribution < -0.4 is 5.56 Å². The topological polar surface area (TPSA) is 47.8 Å². The second kappa shape index (κ2) is 5.09. The molecule has 2 heterocycles. The number of nitrogens with zero attached hydrogens (tertiary/aromatic N) is 3. The monoisotopic (exact) mass is 283 g/mol. The summed E-state index contributed by atoms with van der Waals surface area (Å²) < 4.78 is 15.2. The average Bonchev–Trinajstić information content (AvgIpc) is 2.47. The van der Waals surface area contributed by atoms with Crippen LogP contribution in [0.5, 0.6) is 0 Å². The molecule has 106 valence electrons. The lowest BCUT2D eigenvalue weighted by Gasteiger charge is -2.09. The number of benzene rings is 1. The zero-order chi connectivity index (χ0) is 15.0. The predicted molar refractivity (Wildman–Crippen MR) is 78.7 cm³/mol. The standard InChI is InChI=1S/C16H14FN3O/c1-10-18-9-13-8-12(16(21)20(2)15(13)19-10)7-11-5-3-4-6-14(11)17/h3-6,8-9H,7H2,1-2H3. The van der Waals surface area contributed by atoms with E-state index in [1.807, 2.05) is 0 Å². The Balaban J connectivity index is 2.16. The zero-order valence-electron chi connectivity index (χ0n) is 11.8. The Hall–Kier alpha value is -2.56. The molecule has 21 heavy (non-hydrogen) atoms. The lowest BCUT2D eigenvalue weighted by molar-refractivity contribution is 0.613. The molecule has 0 aliphatic heterocycles. The minimum Gasteiger partial charge on any atom is -0.295 e. The summed E-state index contributed by atoms with van der Waals surface area (Å²) in [6.07, 6.45) is 1.94. The molecule has 5 heteroatoms. The van der Waals surface area contributed by atoms with Gasteiger partial charge in [0.2, 0.25) is 0 Å². The number of halogens is 1. The van der Waals surface area contributed by atoms with E-state index in [4.69, 9.17) is 0 Å². The largest absolute Gasteiger partial charge is 0.295 e. The number of aryl methyl sites for hydroxylation is 2. The molecule has 3 rings (SSSR count). The molecule has 0 N–H and O–H groups in total. The van der Waals surface area contributed by atoms with Gasteiger partial charge in [0.1, 0.15) is 17.3 Å². The number of aromatic nitrogens is 3. The van der Waals surface area contributed by atoms with E-state index in [-0.39, 0.29) is 17.8 Å². The molecule has 0 spiro atoms. The Morgan fingerprint density at radius 3 is 2.76 bits per heavy atom. The van der Waals surface area contributed by atoms with Gasteiger partial charge in [-0.3, -0.25) is 9.36 Å². The van der Waals surface area contributed by atoms with Crippen LogP contribution in [0, 0.1) is 12.7 Å². The molecule has 0 aliphatic rings. The molecule has 0 aliphatic carbocycles. The van der Waals surface area contributed by atoms with Crippen molar-refractivity contribution in [3.05, 3.63) is 69.7 Å². The fourth-order valence-electron chi connectivity index (χ4n) is 2.37. The van der Waals surface area contributed by atoms with Crippen molar-refractivity contribution in [2.75, 3.05) is 0 Å². The molecule has 0 unspecified atom stereocenters. The number of rotatable bonds is 2. The highest BCUT2D eigenvalue weighted by Gasteiger charge is 2.11. The highest BCUT2D eigenvalue weighted by Crippen LogP contribution is 2.14. The van der Waals surface area contributed by atoms with Crippen LogP contribution in [0.25, 0.3) is 11.0 Å². The van der Waals surface area contributed by atoms with Gasteiger partial charge < -0.3 is 0 Å². The Morgan fingerprint density at radius 2 is 2.00 bits per heavy atom. The molecule has 0 bridgehead atoms. The first-order valence-electron chi connectivity index (χ1n) is 6.62. The predicted octanol–water partition coefficient (Wildman–Crippen LogP) is 2.37. The maximum atomic E-state index is 13.7. The molecule has 0 fully saturated rings. The SMILES string of the molecule is Cc1ncc2cc(Cc3ccccc3F)c(=O)n(C)c2n1. The van der Waals surface area contributed by atoms with Crippen LogP contribution in [-0.4, -0.2) is 14.5 Å². The molecule has 0 atom stereocenters. The minimum atomic E-state index is -0.306. The third-order valence-corrected chi connectivity index (χ3v) is 3.48. The second-order valence-corrected chi connectivity index (χ2v) is 5.00. The molecule has 0 radical (unpaired) electrons. The number of hydrogen-bond acceptors (Lipinski definition) is 3. The fourth-order valence-corrected chi connectivity index (χ4v) is 2.37. The van der Waals surface area contributed by atoms with Gasteiger partial charge in [0, 0.05) is 30.6 Å². The van der Waals surface area contributed by atoms with Crippen molar-refractivity contribution in [3.63, 3.8) is 0 Å². The second-order valence-electron chi connectivity index (χ2n) is 5.00. The van der Waals surface area contributed by atoms with Crippen molar-refractivity contribution in [2.45, 2.75) is 13.3 Å². The molecular weight excluding hydrogens is 269 g/mol. The number of hydrogen-bond donors (Lipinski definition) is 0. The van der Waals surface area contributed by atoms with Gasteiger partial charge in [-0.1, -0.05) is 18.2 Å². The van der Waals surface area contributed by atoms with Crippen molar-refractivity contribution >= 4 is 11.0 Å². The van der Waals surface area contributed by atoms with Crippen LogP contribution in [0.1, 0.15) is 17.0 Å². The third-order valence-electron chi connectivity index (χ3n) is 3.48. The molecular formula is C16H14FN3O. The summed E-state index contributed by atoms with van der Waals surface area (Å²) in [5, 5.41) is 0.772. The maximum absolute atomic E-state index is 13.7. The van der Waals surface area contributed by atoms with Crippen LogP contribution >= 0.6 is 0 Å². The van der Waals surface area contributed by atoms with E-state index in [2.05, 4.69) is 9.97 Å². The van der Waals surface area contributed by atoms with E-state index in [0.29, 0.717) is 22.6 Å². The van der Waals surface area contributed by atoms with Crippen LogP contribution in [0.2, 0.25) is 0 Å². The van der Waals surface area contributed by atoms with Gasteiger partial charge in [0.25, 0.3) is 5.56 Å². The summed E-state index contributed by atoms with van der Waals surface area (Å²) in [4.78, 5) is 20.8. The van der Waals surface area contributed by atoms with Gasteiger partial charge in [-0.15, -0.1) is 0 Å². The fraction of sp³-hybridized carbons (Fsp3) is 0.188. The van der Waals surface area contributed by atoms with Gasteiger partial charge >= 0.3 is 0 Å². The minimum absolute atomic E-state index is 0.163. The van der Waals surface area contributed by atoms with Gasteiger partial charge in [-0.25, -0.2) is 14.4 Å². The van der Waals surface area contributed by atoms with E-state index in [9.17, 15) is 9.18 Å². The highest BCUT2D eigenvalue weighted by atomic mass is 19.1. The molecule has 4 nitrogen and oxygen atoms in total. The normalized spacial score (nSPS) is 11.0. The zero-order valence-corrected chi connectivity index (χ0v) is 11.8. The van der Waals surface area contributed by atoms with Crippen molar-refractivity contribution in [2.24, 2.45) is 7.05 Å². The first kappa shape index (κ1) is 13.4. The molecule has 3 aromatic rings. The lowest BCUT2D eigenvalue weighted by Crippen LogP contribution is -2.22. The molecule has 0 saturated heterocycles. The Kier molecular flexibility index (Phi) is 3.25. The maximum Gasteiger partial charge on any atom is 0.255 e. The van der Waals surface area contributed by atoms with E-state index >= 15 is 0 Å². The molecule has 0 saturated carbocycles. The van der Waals surface area contributed by atoms with Crippen LogP contribution in [0.4, 0.5) is 4.39 Å². The molecule has 0 amide bonds. The van der Waals surface area contributed by atoms with Crippen LogP contribution in [-0.2, 0) is 13.5 Å². The van der Waals surface area contributed by atoms with E-state index < -0.39 is 0 Å². The Labute approximate surface area is 120 Å². The van der Waals surface area contributed by atoms with Gasteiger partial charge in [0.05, 0.1) is 0 Å². The summed E-state index contributed by atoms with van der Waals surface area (Å²) in [5.74, 6) is 0.305. The number of fused-ring (bicyclic) bond motifs is 1. The van der Waals surface area contributed by atoms with E-state index in [1.165, 1.54) is 10.6 Å². The average molecular weight is 283 g/mol. The van der Waals surface area contributed by atoms with Gasteiger partial charge in [0.15, 0.2) is 0 Å². The van der Waals surface area contributed by atoms with Crippen molar-refractivity contribution < 1.29 is 4.39 Å². The quantitative estimate of drug-likeness (QED) is 0.725. The Morgan fingerprint density at radius 1 is 1.24 bits per heavy atom. The summed E-state index contributed by atoms with van der Waals surface area (Å²) in [7, 11) is 1.67. The van der Waals surface area contributed by atoms with E-state index in [0.717, 1.165) is 5.39 Å². The molecule has 2 aromatic heterocycles. The van der Waals surface area contributed by atoms with Crippen molar-refractivity contribution in [1.29, 1.82) is 0 Å². The van der Waals surface area contributed by atoms with Crippen molar-refractivity contribution in [3.8, 4) is 0 Å². The van der Waals surface area contributed by atoms with Gasteiger partial charge in [-0.2, -0.15) is 0 Å². The molecule has 1 aromatic carbocycles. The summed E-state index contributed by atoms with van der Waals surface area (Å²) in [6, 6.07) is 8.21. The highest BCUT2D eigenvalue weighted by molar-refractivity contribution is 5.74. The van der Waals surface area contributed by atoms with Gasteiger partial charge in [-0.05, 0) is 24.6 Å². The van der Waals surface area contributed by atoms with Crippen LogP contribution in [0.3, 0.4) is 0 Å². The Bertz CT molecular complexity index is 886. The third kappa shape index (κ3) is 2.42. The van der Waals surface area contributed by atoms with Crippen LogP contribution in [0.15, 0.2) is 41.3 Å². The first-order valence-corrected chi connectivity index (χ1v) is 6.62.